The molecular formula is C18H24F4O2. The summed E-state index contributed by atoms with van der Waals surface area (Å²) in [6.45, 7) is 5.16. The van der Waals surface area contributed by atoms with Gasteiger partial charge in [-0.25, -0.2) is 4.39 Å². The molecular weight excluding hydrogens is 324 g/mol. The van der Waals surface area contributed by atoms with E-state index in [4.69, 9.17) is 0 Å². The maximum atomic E-state index is 14.4. The van der Waals surface area contributed by atoms with Crippen molar-refractivity contribution in [1.82, 2.24) is 0 Å². The van der Waals surface area contributed by atoms with Crippen molar-refractivity contribution >= 4 is 5.97 Å². The molecule has 0 radical (unpaired) electrons. The number of carbonyl (C=O) groups is 1. The summed E-state index contributed by atoms with van der Waals surface area (Å²) in [6.07, 6.45) is -2.55. The Hall–Kier alpha value is -1.07. The highest BCUT2D eigenvalue weighted by Crippen LogP contribution is 2.75. The molecule has 1 spiro atoms. The second-order valence-electron chi connectivity index (χ2n) is 8.18. The highest BCUT2D eigenvalue weighted by atomic mass is 19.4. The Morgan fingerprint density at radius 1 is 1.29 bits per heavy atom. The third kappa shape index (κ3) is 2.66. The largest absolute Gasteiger partial charge is 0.449 e. The van der Waals surface area contributed by atoms with Gasteiger partial charge in [-0.2, -0.15) is 13.2 Å². The van der Waals surface area contributed by atoms with Gasteiger partial charge in [0.15, 0.2) is 5.67 Å². The minimum absolute atomic E-state index is 0.0807. The van der Waals surface area contributed by atoms with Crippen LogP contribution in [0.1, 0.15) is 52.4 Å². The van der Waals surface area contributed by atoms with E-state index in [1.165, 1.54) is 19.3 Å². The number of hydrogen-bond acceptors (Lipinski definition) is 2. The molecule has 4 rings (SSSR count). The van der Waals surface area contributed by atoms with Gasteiger partial charge in [0.05, 0.1) is 0 Å². The Labute approximate surface area is 139 Å². The molecule has 0 saturated heterocycles. The normalized spacial score (nSPS) is 37.5. The minimum Gasteiger partial charge on any atom is -0.449 e. The Bertz CT molecular complexity index is 546. The zero-order valence-electron chi connectivity index (χ0n) is 14.1. The molecule has 0 amide bonds. The standard InChI is InChI=1S/C18H24F4O2/c1-10(2)16(3,19)15(18(20,21)22)24-14(23)5-4-12-7-13-6-11-8-17(12,13)9-11/h11-13,15H,1,4-9H2,2-3H3. The molecule has 6 heteroatoms. The molecule has 0 N–H and O–H groups in total. The van der Waals surface area contributed by atoms with Crippen molar-refractivity contribution in [3.8, 4) is 0 Å². The van der Waals surface area contributed by atoms with Gasteiger partial charge in [-0.05, 0) is 74.7 Å². The fourth-order valence-corrected chi connectivity index (χ4v) is 5.16. The highest BCUT2D eigenvalue weighted by Gasteiger charge is 2.66. The third-order valence-corrected chi connectivity index (χ3v) is 6.72. The van der Waals surface area contributed by atoms with Crippen LogP contribution in [0.5, 0.6) is 0 Å². The maximum absolute atomic E-state index is 14.4. The first-order chi connectivity index (χ1) is 11.0. The number of ether oxygens (including phenoxy) is 1. The zero-order valence-corrected chi connectivity index (χ0v) is 14.1. The topological polar surface area (TPSA) is 26.3 Å². The van der Waals surface area contributed by atoms with Crippen molar-refractivity contribution in [1.29, 1.82) is 0 Å². The summed E-state index contributed by atoms with van der Waals surface area (Å²) in [5.74, 6) is 1.01. The fraction of sp³-hybridized carbons (Fsp3) is 0.833. The summed E-state index contributed by atoms with van der Waals surface area (Å²) in [4.78, 5) is 11.9. The summed E-state index contributed by atoms with van der Waals surface area (Å²) >= 11 is 0. The molecule has 4 aliphatic carbocycles. The molecule has 0 aromatic heterocycles. The number of halogens is 4. The van der Waals surface area contributed by atoms with E-state index >= 15 is 0 Å². The SMILES string of the molecule is C=C(C)C(C)(F)C(OC(=O)CCC1CC2CC3CC12C3)C(F)(F)F. The van der Waals surface area contributed by atoms with Gasteiger partial charge in [0, 0.05) is 6.42 Å². The average Bonchev–Trinajstić information content (AvgIpc) is 2.81. The first kappa shape index (κ1) is 17.7. The van der Waals surface area contributed by atoms with Crippen molar-refractivity contribution in [3.05, 3.63) is 12.2 Å². The Morgan fingerprint density at radius 3 is 2.42 bits per heavy atom. The van der Waals surface area contributed by atoms with Gasteiger partial charge in [-0.1, -0.05) is 6.58 Å². The van der Waals surface area contributed by atoms with Gasteiger partial charge in [-0.15, -0.1) is 0 Å². The Kier molecular flexibility index (Phi) is 4.04. The van der Waals surface area contributed by atoms with Crippen molar-refractivity contribution < 1.29 is 27.1 Å². The number of hydrogen-bond donors (Lipinski definition) is 0. The van der Waals surface area contributed by atoms with Gasteiger partial charge in [-0.3, -0.25) is 4.79 Å². The predicted octanol–water partition coefficient (Wildman–Crippen LogP) is 4.98. The fourth-order valence-electron chi connectivity index (χ4n) is 5.16. The lowest BCUT2D eigenvalue weighted by atomic mass is 9.48. The van der Waals surface area contributed by atoms with Crippen LogP contribution in [0, 0.1) is 23.2 Å². The molecule has 0 aromatic rings. The molecule has 2 bridgehead atoms. The van der Waals surface area contributed by atoms with Gasteiger partial charge in [0.1, 0.15) is 0 Å². The molecule has 0 aromatic carbocycles. The third-order valence-electron chi connectivity index (χ3n) is 6.72. The average molecular weight is 348 g/mol. The van der Waals surface area contributed by atoms with E-state index < -0.39 is 23.9 Å². The van der Waals surface area contributed by atoms with E-state index in [0.717, 1.165) is 32.1 Å². The second-order valence-corrected chi connectivity index (χ2v) is 8.18. The van der Waals surface area contributed by atoms with Crippen LogP contribution in [-0.4, -0.2) is 23.9 Å². The van der Waals surface area contributed by atoms with Crippen molar-refractivity contribution in [2.45, 2.75) is 70.3 Å². The van der Waals surface area contributed by atoms with Crippen molar-refractivity contribution in [2.24, 2.45) is 23.2 Å². The van der Waals surface area contributed by atoms with Crippen molar-refractivity contribution in [3.63, 3.8) is 0 Å². The smallest absolute Gasteiger partial charge is 0.429 e. The summed E-state index contributed by atoms with van der Waals surface area (Å²) in [5.41, 5.74) is -2.79. The van der Waals surface area contributed by atoms with E-state index in [0.29, 0.717) is 17.8 Å². The van der Waals surface area contributed by atoms with Crippen LogP contribution in [0.4, 0.5) is 17.6 Å². The Balaban J connectivity index is 1.55. The highest BCUT2D eigenvalue weighted by molar-refractivity contribution is 5.69. The molecule has 4 aliphatic rings. The van der Waals surface area contributed by atoms with Gasteiger partial charge >= 0.3 is 12.1 Å². The lowest BCUT2D eigenvalue weighted by Gasteiger charge is -2.56. The van der Waals surface area contributed by atoms with E-state index in [1.807, 2.05) is 0 Å². The van der Waals surface area contributed by atoms with Crippen LogP contribution in [0.3, 0.4) is 0 Å². The summed E-state index contributed by atoms with van der Waals surface area (Å²) in [6, 6.07) is 0. The van der Waals surface area contributed by atoms with Crippen LogP contribution < -0.4 is 0 Å². The summed E-state index contributed by atoms with van der Waals surface area (Å²) in [7, 11) is 0. The predicted molar refractivity (Wildman–Crippen MR) is 80.9 cm³/mol. The Morgan fingerprint density at radius 2 is 1.92 bits per heavy atom. The zero-order chi connectivity index (χ0) is 17.9. The minimum atomic E-state index is -4.97. The summed E-state index contributed by atoms with van der Waals surface area (Å²) in [5, 5.41) is 0. The molecule has 4 atom stereocenters. The van der Waals surface area contributed by atoms with Crippen LogP contribution in [0.2, 0.25) is 0 Å². The molecule has 136 valence electrons. The molecule has 0 aliphatic heterocycles. The van der Waals surface area contributed by atoms with Gasteiger partial charge < -0.3 is 4.74 Å². The van der Waals surface area contributed by atoms with Crippen LogP contribution >= 0.6 is 0 Å². The monoisotopic (exact) mass is 348 g/mol. The van der Waals surface area contributed by atoms with E-state index in [1.54, 1.807) is 0 Å². The summed E-state index contributed by atoms with van der Waals surface area (Å²) < 4.78 is 58.2. The first-order valence-corrected chi connectivity index (χ1v) is 8.58. The first-order valence-electron chi connectivity index (χ1n) is 8.58. The quantitative estimate of drug-likeness (QED) is 0.384. The lowest BCUT2D eigenvalue weighted by molar-refractivity contribution is -0.246. The molecule has 4 saturated carbocycles. The number of rotatable bonds is 6. The lowest BCUT2D eigenvalue weighted by Crippen LogP contribution is -2.50. The van der Waals surface area contributed by atoms with Crippen LogP contribution in [0.25, 0.3) is 0 Å². The molecule has 4 unspecified atom stereocenters. The van der Waals surface area contributed by atoms with Gasteiger partial charge in [0.25, 0.3) is 0 Å². The van der Waals surface area contributed by atoms with Gasteiger partial charge in [0.2, 0.25) is 6.10 Å². The number of esters is 1. The number of alkyl halides is 4. The molecule has 24 heavy (non-hydrogen) atoms. The van der Waals surface area contributed by atoms with Crippen molar-refractivity contribution in [2.75, 3.05) is 0 Å². The molecule has 0 heterocycles. The second kappa shape index (κ2) is 5.46. The molecule has 4 fully saturated rings. The maximum Gasteiger partial charge on any atom is 0.429 e. The van der Waals surface area contributed by atoms with E-state index in [9.17, 15) is 22.4 Å². The molecule has 2 nitrogen and oxygen atoms in total. The number of carbonyl (C=O) groups excluding carboxylic acids is 1. The van der Waals surface area contributed by atoms with E-state index in [-0.39, 0.29) is 12.0 Å². The van der Waals surface area contributed by atoms with Crippen LogP contribution in [0.15, 0.2) is 12.2 Å². The van der Waals surface area contributed by atoms with E-state index in [2.05, 4.69) is 11.3 Å². The van der Waals surface area contributed by atoms with Crippen LogP contribution in [-0.2, 0) is 9.53 Å².